The first-order valence-electron chi connectivity index (χ1n) is 7.83. The summed E-state index contributed by atoms with van der Waals surface area (Å²) < 4.78 is 28.5. The third kappa shape index (κ3) is 3.51. The minimum atomic E-state index is -0.708. The summed E-state index contributed by atoms with van der Waals surface area (Å²) in [6.45, 7) is 5.76. The zero-order valence-electron chi connectivity index (χ0n) is 13.9. The van der Waals surface area contributed by atoms with Crippen molar-refractivity contribution in [2.75, 3.05) is 7.11 Å². The van der Waals surface area contributed by atoms with Crippen LogP contribution in [-0.4, -0.2) is 48.7 Å². The first kappa shape index (κ1) is 16.7. The predicted octanol–water partition coefficient (Wildman–Crippen LogP) is 1.84. The molecule has 0 aromatic heterocycles. The Morgan fingerprint density at radius 1 is 1.22 bits per heavy atom. The Bertz CT molecular complexity index is 526. The number of methoxy groups -OCH3 is 1. The smallest absolute Gasteiger partial charge is 0.190 e. The molecule has 3 rings (SSSR count). The molecule has 2 aliphatic heterocycles. The first-order valence-corrected chi connectivity index (χ1v) is 7.83. The molecule has 6 nitrogen and oxygen atoms in total. The molecule has 6 heteroatoms. The van der Waals surface area contributed by atoms with Crippen LogP contribution in [0.1, 0.15) is 26.3 Å². The lowest BCUT2D eigenvalue weighted by Gasteiger charge is -2.27. The van der Waals surface area contributed by atoms with Crippen LogP contribution in [0.15, 0.2) is 24.3 Å². The Morgan fingerprint density at radius 3 is 2.52 bits per heavy atom. The molecule has 1 N–H and O–H groups in total. The van der Waals surface area contributed by atoms with Crippen molar-refractivity contribution >= 4 is 0 Å². The molecule has 2 saturated heterocycles. The number of benzene rings is 1. The highest BCUT2D eigenvalue weighted by molar-refractivity contribution is 5.26. The van der Waals surface area contributed by atoms with E-state index < -0.39 is 24.3 Å². The molecule has 5 atom stereocenters. The second-order valence-corrected chi connectivity index (χ2v) is 6.43. The minimum Gasteiger partial charge on any atom is -0.497 e. The van der Waals surface area contributed by atoms with E-state index in [9.17, 15) is 5.11 Å². The van der Waals surface area contributed by atoms with Gasteiger partial charge in [-0.15, -0.1) is 0 Å². The largest absolute Gasteiger partial charge is 0.497 e. The van der Waals surface area contributed by atoms with Gasteiger partial charge in [0.05, 0.1) is 19.8 Å². The van der Waals surface area contributed by atoms with Gasteiger partial charge in [-0.2, -0.15) is 0 Å². The van der Waals surface area contributed by atoms with Crippen molar-refractivity contribution < 1.29 is 28.8 Å². The van der Waals surface area contributed by atoms with Gasteiger partial charge in [-0.25, -0.2) is 0 Å². The van der Waals surface area contributed by atoms with Crippen LogP contribution in [0, 0.1) is 0 Å². The lowest BCUT2D eigenvalue weighted by molar-refractivity contribution is -0.229. The highest BCUT2D eigenvalue weighted by atomic mass is 16.8. The molecule has 0 unspecified atom stereocenters. The van der Waals surface area contributed by atoms with Gasteiger partial charge >= 0.3 is 0 Å². The van der Waals surface area contributed by atoms with E-state index in [1.807, 2.05) is 38.1 Å². The summed E-state index contributed by atoms with van der Waals surface area (Å²) in [5.74, 6) is 0.0925. The van der Waals surface area contributed by atoms with Crippen LogP contribution in [0.3, 0.4) is 0 Å². The second kappa shape index (κ2) is 6.37. The molecule has 0 amide bonds. The van der Waals surface area contributed by atoms with Gasteiger partial charge in [-0.1, -0.05) is 12.1 Å². The van der Waals surface area contributed by atoms with Crippen molar-refractivity contribution in [1.29, 1.82) is 0 Å². The number of aliphatic hydroxyl groups excluding tert-OH is 1. The fourth-order valence-electron chi connectivity index (χ4n) is 3.00. The monoisotopic (exact) mass is 324 g/mol. The lowest BCUT2D eigenvalue weighted by atomic mass is 10.1. The molecule has 0 aliphatic carbocycles. The van der Waals surface area contributed by atoms with E-state index in [1.165, 1.54) is 0 Å². The molecule has 1 aromatic carbocycles. The average molecular weight is 324 g/mol. The van der Waals surface area contributed by atoms with E-state index in [0.717, 1.165) is 11.3 Å². The fourth-order valence-corrected chi connectivity index (χ4v) is 3.00. The van der Waals surface area contributed by atoms with Gasteiger partial charge in [-0.3, -0.25) is 0 Å². The van der Waals surface area contributed by atoms with Gasteiger partial charge in [0.2, 0.25) is 0 Å². The summed E-state index contributed by atoms with van der Waals surface area (Å²) in [5, 5.41) is 9.94. The maximum absolute atomic E-state index is 9.94. The Labute approximate surface area is 136 Å². The van der Waals surface area contributed by atoms with Crippen molar-refractivity contribution in [3.8, 4) is 5.75 Å². The Balaban J connectivity index is 1.67. The number of rotatable bonds is 5. The standard InChI is InChI=1S/C17H24O6/c1-10(18)13-14(15-16(21-13)23-17(2,3)22-15)20-9-11-5-7-12(19-4)8-6-11/h5-8,10,13-16,18H,9H2,1-4H3/t10-,13-,14+,15-,16-/m1/s1. The molecule has 0 bridgehead atoms. The number of hydrogen-bond acceptors (Lipinski definition) is 6. The van der Waals surface area contributed by atoms with E-state index in [-0.39, 0.29) is 12.2 Å². The van der Waals surface area contributed by atoms with E-state index in [0.29, 0.717) is 6.61 Å². The summed E-state index contributed by atoms with van der Waals surface area (Å²) in [5.41, 5.74) is 1.01. The summed E-state index contributed by atoms with van der Waals surface area (Å²) in [4.78, 5) is 0. The van der Waals surface area contributed by atoms with Gasteiger partial charge in [0.25, 0.3) is 0 Å². The van der Waals surface area contributed by atoms with Crippen molar-refractivity contribution in [3.63, 3.8) is 0 Å². The van der Waals surface area contributed by atoms with Crippen LogP contribution in [0.5, 0.6) is 5.75 Å². The first-order chi connectivity index (χ1) is 10.9. The van der Waals surface area contributed by atoms with Gasteiger partial charge in [0, 0.05) is 0 Å². The Kier molecular flexibility index (Phi) is 4.62. The SMILES string of the molecule is COc1ccc(CO[C@@H]2[C@H]3OC(C)(C)O[C@H]3O[C@@H]2[C@@H](C)O)cc1. The number of fused-ring (bicyclic) bond motifs is 1. The highest BCUT2D eigenvalue weighted by Crippen LogP contribution is 2.39. The zero-order valence-corrected chi connectivity index (χ0v) is 13.9. The van der Waals surface area contributed by atoms with Crippen LogP contribution >= 0.6 is 0 Å². The van der Waals surface area contributed by atoms with Gasteiger partial charge in [-0.05, 0) is 38.5 Å². The normalized spacial score (nSPS) is 33.4. The molecular formula is C17H24O6. The van der Waals surface area contributed by atoms with Gasteiger partial charge < -0.3 is 28.8 Å². The van der Waals surface area contributed by atoms with Crippen molar-refractivity contribution in [2.45, 2.75) is 63.9 Å². The molecule has 0 spiro atoms. The molecule has 1 aromatic rings. The number of hydrogen-bond donors (Lipinski definition) is 1. The van der Waals surface area contributed by atoms with Gasteiger partial charge in [0.1, 0.15) is 24.1 Å². The molecule has 128 valence electrons. The zero-order chi connectivity index (χ0) is 16.6. The molecular weight excluding hydrogens is 300 g/mol. The van der Waals surface area contributed by atoms with E-state index in [1.54, 1.807) is 14.0 Å². The topological polar surface area (TPSA) is 66.4 Å². The maximum atomic E-state index is 9.94. The van der Waals surface area contributed by atoms with Crippen LogP contribution in [0.2, 0.25) is 0 Å². The molecule has 0 saturated carbocycles. The summed E-state index contributed by atoms with van der Waals surface area (Å²) in [6, 6.07) is 7.66. The van der Waals surface area contributed by atoms with Crippen molar-refractivity contribution in [1.82, 2.24) is 0 Å². The lowest BCUT2D eigenvalue weighted by Crippen LogP contribution is -2.41. The van der Waals surface area contributed by atoms with Crippen LogP contribution in [0.25, 0.3) is 0 Å². The number of ether oxygens (including phenoxy) is 5. The van der Waals surface area contributed by atoms with Crippen LogP contribution in [-0.2, 0) is 25.6 Å². The highest BCUT2D eigenvalue weighted by Gasteiger charge is 2.56. The Morgan fingerprint density at radius 2 is 1.91 bits per heavy atom. The third-order valence-electron chi connectivity index (χ3n) is 4.10. The molecule has 2 fully saturated rings. The van der Waals surface area contributed by atoms with E-state index >= 15 is 0 Å². The van der Waals surface area contributed by atoms with Crippen molar-refractivity contribution in [3.05, 3.63) is 29.8 Å². The maximum Gasteiger partial charge on any atom is 0.190 e. The summed E-state index contributed by atoms with van der Waals surface area (Å²) >= 11 is 0. The molecule has 0 radical (unpaired) electrons. The minimum absolute atomic E-state index is 0.345. The fraction of sp³-hybridized carbons (Fsp3) is 0.647. The van der Waals surface area contributed by atoms with E-state index in [4.69, 9.17) is 23.7 Å². The third-order valence-corrected chi connectivity index (χ3v) is 4.10. The second-order valence-electron chi connectivity index (χ2n) is 6.43. The van der Waals surface area contributed by atoms with E-state index in [2.05, 4.69) is 0 Å². The predicted molar refractivity (Wildman–Crippen MR) is 81.9 cm³/mol. The molecule has 2 heterocycles. The van der Waals surface area contributed by atoms with Crippen molar-refractivity contribution in [2.24, 2.45) is 0 Å². The van der Waals surface area contributed by atoms with Crippen LogP contribution in [0.4, 0.5) is 0 Å². The quantitative estimate of drug-likeness (QED) is 0.891. The van der Waals surface area contributed by atoms with Gasteiger partial charge in [0.15, 0.2) is 12.1 Å². The molecule has 23 heavy (non-hydrogen) atoms. The Hall–Kier alpha value is -1.18. The summed E-state index contributed by atoms with van der Waals surface area (Å²) in [7, 11) is 1.63. The summed E-state index contributed by atoms with van der Waals surface area (Å²) in [6.07, 6.45) is -2.38. The van der Waals surface area contributed by atoms with Crippen LogP contribution < -0.4 is 4.74 Å². The molecule has 2 aliphatic rings. The number of aliphatic hydroxyl groups is 1. The average Bonchev–Trinajstić information content (AvgIpc) is 2.97.